The third-order valence-corrected chi connectivity index (χ3v) is 3.25. The van der Waals surface area contributed by atoms with Gasteiger partial charge in [0.2, 0.25) is 0 Å². The van der Waals surface area contributed by atoms with E-state index in [-0.39, 0.29) is 12.2 Å². The van der Waals surface area contributed by atoms with Crippen molar-refractivity contribution in [2.24, 2.45) is 0 Å². The van der Waals surface area contributed by atoms with E-state index in [9.17, 15) is 9.90 Å². The molecule has 112 valence electrons. The molecule has 0 bridgehead atoms. The standard InChI is InChI=1S/C14H15BrN2O4/c1-3-4-11-16-12(21-17-11)7-20-13-8(2)5-9(15)6-10(13)14(18)19/h5-6H,3-4,7H2,1-2H3,(H,18,19). The van der Waals surface area contributed by atoms with Gasteiger partial charge < -0.3 is 14.4 Å². The number of rotatable bonds is 6. The predicted molar refractivity (Wildman–Crippen MR) is 78.5 cm³/mol. The van der Waals surface area contributed by atoms with Crippen molar-refractivity contribution >= 4 is 21.9 Å². The molecule has 6 nitrogen and oxygen atoms in total. The molecule has 1 aromatic carbocycles. The number of hydrogen-bond donors (Lipinski definition) is 1. The van der Waals surface area contributed by atoms with Crippen LogP contribution in [0.15, 0.2) is 21.1 Å². The van der Waals surface area contributed by atoms with Gasteiger partial charge in [0.1, 0.15) is 11.3 Å². The predicted octanol–water partition coefficient (Wildman–Crippen LogP) is 3.37. The topological polar surface area (TPSA) is 85.5 Å². The Hall–Kier alpha value is -1.89. The SMILES string of the molecule is CCCc1noc(COc2c(C)cc(Br)cc2C(=O)O)n1. The highest BCUT2D eigenvalue weighted by Gasteiger charge is 2.16. The molecule has 0 aliphatic rings. The van der Waals surface area contributed by atoms with Crippen molar-refractivity contribution in [1.82, 2.24) is 10.1 Å². The van der Waals surface area contributed by atoms with Crippen LogP contribution in [-0.4, -0.2) is 21.2 Å². The number of aromatic nitrogens is 2. The van der Waals surface area contributed by atoms with Crippen molar-refractivity contribution in [2.75, 3.05) is 0 Å². The van der Waals surface area contributed by atoms with Gasteiger partial charge in [-0.15, -0.1) is 0 Å². The summed E-state index contributed by atoms with van der Waals surface area (Å²) < 4.78 is 11.3. The van der Waals surface area contributed by atoms with Crippen molar-refractivity contribution < 1.29 is 19.2 Å². The Balaban J connectivity index is 2.17. The van der Waals surface area contributed by atoms with Crippen molar-refractivity contribution in [3.63, 3.8) is 0 Å². The molecule has 2 aromatic rings. The van der Waals surface area contributed by atoms with Crippen LogP contribution in [0.25, 0.3) is 0 Å². The lowest BCUT2D eigenvalue weighted by Gasteiger charge is -2.11. The lowest BCUT2D eigenvalue weighted by atomic mass is 10.1. The van der Waals surface area contributed by atoms with Gasteiger partial charge in [-0.2, -0.15) is 4.98 Å². The summed E-state index contributed by atoms with van der Waals surface area (Å²) in [6.45, 7) is 3.85. The van der Waals surface area contributed by atoms with Gasteiger partial charge in [0.05, 0.1) is 0 Å². The van der Waals surface area contributed by atoms with Crippen LogP contribution in [0.2, 0.25) is 0 Å². The molecule has 0 atom stereocenters. The molecule has 0 radical (unpaired) electrons. The van der Waals surface area contributed by atoms with Crippen LogP contribution in [0.5, 0.6) is 5.75 Å². The molecule has 0 saturated heterocycles. The molecule has 1 N–H and O–H groups in total. The molecule has 0 unspecified atom stereocenters. The monoisotopic (exact) mass is 354 g/mol. The summed E-state index contributed by atoms with van der Waals surface area (Å²) in [4.78, 5) is 15.5. The Morgan fingerprint density at radius 1 is 1.48 bits per heavy atom. The number of benzene rings is 1. The molecule has 1 aromatic heterocycles. The largest absolute Gasteiger partial charge is 0.483 e. The van der Waals surface area contributed by atoms with Gasteiger partial charge in [-0.05, 0) is 31.0 Å². The number of aryl methyl sites for hydroxylation is 2. The molecule has 0 spiro atoms. The Bertz CT molecular complexity index is 654. The fourth-order valence-corrected chi connectivity index (χ4v) is 2.46. The lowest BCUT2D eigenvalue weighted by Crippen LogP contribution is -2.05. The fourth-order valence-electron chi connectivity index (χ4n) is 1.89. The first kappa shape index (κ1) is 15.5. The van der Waals surface area contributed by atoms with Gasteiger partial charge in [0.25, 0.3) is 5.89 Å². The fraction of sp³-hybridized carbons (Fsp3) is 0.357. The third-order valence-electron chi connectivity index (χ3n) is 2.79. The molecule has 21 heavy (non-hydrogen) atoms. The van der Waals surface area contributed by atoms with E-state index in [4.69, 9.17) is 9.26 Å². The number of nitrogens with zero attached hydrogens (tertiary/aromatic N) is 2. The maximum absolute atomic E-state index is 11.3. The third kappa shape index (κ3) is 3.81. The van der Waals surface area contributed by atoms with Crippen LogP contribution >= 0.6 is 15.9 Å². The minimum absolute atomic E-state index is 0.0411. The number of carboxylic acid groups (broad SMARTS) is 1. The molecular formula is C14H15BrN2O4. The Labute approximate surface area is 130 Å². The molecule has 0 fully saturated rings. The first-order valence-corrected chi connectivity index (χ1v) is 7.28. The summed E-state index contributed by atoms with van der Waals surface area (Å²) in [6.07, 6.45) is 1.66. The van der Waals surface area contributed by atoms with E-state index in [2.05, 4.69) is 26.1 Å². The molecule has 1 heterocycles. The van der Waals surface area contributed by atoms with Crippen molar-refractivity contribution in [3.05, 3.63) is 39.4 Å². The second-order valence-corrected chi connectivity index (χ2v) is 5.46. The average molecular weight is 355 g/mol. The average Bonchev–Trinajstić information content (AvgIpc) is 2.85. The van der Waals surface area contributed by atoms with E-state index in [1.54, 1.807) is 13.0 Å². The van der Waals surface area contributed by atoms with Crippen LogP contribution in [0.1, 0.15) is 41.0 Å². The zero-order chi connectivity index (χ0) is 15.4. The van der Waals surface area contributed by atoms with E-state index in [1.807, 2.05) is 6.92 Å². The molecule has 0 aliphatic carbocycles. The maximum Gasteiger partial charge on any atom is 0.339 e. The Morgan fingerprint density at radius 3 is 2.90 bits per heavy atom. The van der Waals surface area contributed by atoms with Crippen molar-refractivity contribution in [3.8, 4) is 5.75 Å². The highest BCUT2D eigenvalue weighted by Crippen LogP contribution is 2.28. The smallest absolute Gasteiger partial charge is 0.339 e. The number of carboxylic acids is 1. The summed E-state index contributed by atoms with van der Waals surface area (Å²) in [5, 5.41) is 13.1. The maximum atomic E-state index is 11.3. The van der Waals surface area contributed by atoms with Crippen LogP contribution < -0.4 is 4.74 Å². The molecule has 2 rings (SSSR count). The summed E-state index contributed by atoms with van der Waals surface area (Å²) in [6, 6.07) is 3.29. The van der Waals surface area contributed by atoms with Crippen LogP contribution in [-0.2, 0) is 13.0 Å². The number of halogens is 1. The Morgan fingerprint density at radius 2 is 2.24 bits per heavy atom. The molecule has 7 heteroatoms. The normalized spacial score (nSPS) is 10.6. The first-order chi connectivity index (χ1) is 10.0. The number of carbonyl (C=O) groups is 1. The summed E-state index contributed by atoms with van der Waals surface area (Å²) >= 11 is 3.27. The first-order valence-electron chi connectivity index (χ1n) is 6.49. The van der Waals surface area contributed by atoms with Crippen molar-refractivity contribution in [2.45, 2.75) is 33.3 Å². The van der Waals surface area contributed by atoms with Crippen LogP contribution in [0.4, 0.5) is 0 Å². The summed E-state index contributed by atoms with van der Waals surface area (Å²) in [7, 11) is 0. The minimum Gasteiger partial charge on any atom is -0.483 e. The second-order valence-electron chi connectivity index (χ2n) is 4.55. The Kier molecular flexibility index (Phi) is 4.95. The van der Waals surface area contributed by atoms with Crippen LogP contribution in [0.3, 0.4) is 0 Å². The van der Waals surface area contributed by atoms with Gasteiger partial charge in [-0.3, -0.25) is 0 Å². The second kappa shape index (κ2) is 6.71. The lowest BCUT2D eigenvalue weighted by molar-refractivity contribution is 0.0690. The number of hydrogen-bond acceptors (Lipinski definition) is 5. The highest BCUT2D eigenvalue weighted by molar-refractivity contribution is 9.10. The molecule has 0 amide bonds. The van der Waals surface area contributed by atoms with E-state index in [0.29, 0.717) is 21.9 Å². The zero-order valence-corrected chi connectivity index (χ0v) is 13.3. The van der Waals surface area contributed by atoms with Gasteiger partial charge in [-0.1, -0.05) is 28.0 Å². The van der Waals surface area contributed by atoms with Gasteiger partial charge >= 0.3 is 5.97 Å². The number of aromatic carboxylic acids is 1. The van der Waals surface area contributed by atoms with Gasteiger partial charge in [0, 0.05) is 10.9 Å². The van der Waals surface area contributed by atoms with E-state index < -0.39 is 5.97 Å². The molecular weight excluding hydrogens is 340 g/mol. The molecule has 0 aliphatic heterocycles. The van der Waals surface area contributed by atoms with E-state index in [0.717, 1.165) is 18.4 Å². The van der Waals surface area contributed by atoms with Crippen LogP contribution in [0, 0.1) is 6.92 Å². The highest BCUT2D eigenvalue weighted by atomic mass is 79.9. The van der Waals surface area contributed by atoms with Gasteiger partial charge in [0.15, 0.2) is 12.4 Å². The van der Waals surface area contributed by atoms with Crippen molar-refractivity contribution in [1.29, 1.82) is 0 Å². The number of ether oxygens (including phenoxy) is 1. The van der Waals surface area contributed by atoms with E-state index >= 15 is 0 Å². The van der Waals surface area contributed by atoms with E-state index in [1.165, 1.54) is 6.07 Å². The molecule has 0 saturated carbocycles. The summed E-state index contributed by atoms with van der Waals surface area (Å²) in [5.74, 6) is 0.215. The summed E-state index contributed by atoms with van der Waals surface area (Å²) in [5.41, 5.74) is 0.810. The zero-order valence-electron chi connectivity index (χ0n) is 11.7. The van der Waals surface area contributed by atoms with Gasteiger partial charge in [-0.25, -0.2) is 4.79 Å². The quantitative estimate of drug-likeness (QED) is 0.855. The minimum atomic E-state index is -1.05.